The molecule has 4 aliphatic carbocycles. The zero-order chi connectivity index (χ0) is 10.5. The van der Waals surface area contributed by atoms with E-state index in [1.807, 2.05) is 0 Å². The van der Waals surface area contributed by atoms with Gasteiger partial charge in [0, 0.05) is 0 Å². The Morgan fingerprint density at radius 1 is 1.13 bits per heavy atom. The highest BCUT2D eigenvalue weighted by Gasteiger charge is 2.52. The fourth-order valence-corrected chi connectivity index (χ4v) is 4.51. The zero-order valence-corrected chi connectivity index (χ0v) is 9.32. The lowest BCUT2D eigenvalue weighted by Gasteiger charge is -2.56. The van der Waals surface area contributed by atoms with Crippen LogP contribution in [0.3, 0.4) is 0 Å². The average Bonchev–Trinajstić information content (AvgIpc) is 2.14. The molecule has 1 unspecified atom stereocenters. The van der Waals surface area contributed by atoms with Crippen molar-refractivity contribution in [3.05, 3.63) is 12.7 Å². The standard InChI is InChI=1S/C13H21NO/c1-2-12(14)15-13-6-9-3-10(7-13)5-11(4-9)8-13/h2,9-12H,1,3-8,14H2. The normalized spacial score (nSPS) is 49.3. The summed E-state index contributed by atoms with van der Waals surface area (Å²) in [6.07, 6.45) is 9.56. The Morgan fingerprint density at radius 2 is 1.60 bits per heavy atom. The van der Waals surface area contributed by atoms with Gasteiger partial charge in [-0.05, 0) is 62.4 Å². The molecular weight excluding hydrogens is 186 g/mol. The molecule has 0 aromatic heterocycles. The van der Waals surface area contributed by atoms with Crippen molar-refractivity contribution in [2.24, 2.45) is 23.5 Å². The van der Waals surface area contributed by atoms with E-state index < -0.39 is 0 Å². The summed E-state index contributed by atoms with van der Waals surface area (Å²) < 4.78 is 6.06. The smallest absolute Gasteiger partial charge is 0.125 e. The summed E-state index contributed by atoms with van der Waals surface area (Å²) in [5, 5.41) is 0. The van der Waals surface area contributed by atoms with Gasteiger partial charge in [-0.15, -0.1) is 0 Å². The Hall–Kier alpha value is -0.340. The second-order valence-corrected chi connectivity index (χ2v) is 5.92. The van der Waals surface area contributed by atoms with Crippen molar-refractivity contribution >= 4 is 0 Å². The first-order valence-electron chi connectivity index (χ1n) is 6.25. The van der Waals surface area contributed by atoms with Gasteiger partial charge in [0.2, 0.25) is 0 Å². The van der Waals surface area contributed by atoms with E-state index in [2.05, 4.69) is 6.58 Å². The maximum absolute atomic E-state index is 6.06. The number of ether oxygens (including phenoxy) is 1. The lowest BCUT2D eigenvalue weighted by molar-refractivity contribution is -0.177. The molecule has 2 heteroatoms. The molecule has 0 aromatic rings. The maximum Gasteiger partial charge on any atom is 0.125 e. The van der Waals surface area contributed by atoms with Crippen LogP contribution in [0.5, 0.6) is 0 Å². The summed E-state index contributed by atoms with van der Waals surface area (Å²) in [4.78, 5) is 0. The van der Waals surface area contributed by atoms with Crippen LogP contribution in [0.4, 0.5) is 0 Å². The Labute approximate surface area is 91.9 Å². The molecule has 4 bridgehead atoms. The predicted molar refractivity (Wildman–Crippen MR) is 60.2 cm³/mol. The Bertz CT molecular complexity index is 238. The van der Waals surface area contributed by atoms with Gasteiger partial charge < -0.3 is 10.5 Å². The lowest BCUT2D eigenvalue weighted by atomic mass is 9.54. The Morgan fingerprint density at radius 3 is 2.00 bits per heavy atom. The van der Waals surface area contributed by atoms with Crippen LogP contribution in [0.15, 0.2) is 12.7 Å². The third-order valence-electron chi connectivity index (χ3n) is 4.60. The Balaban J connectivity index is 1.78. The van der Waals surface area contributed by atoms with Gasteiger partial charge in [0.1, 0.15) is 6.23 Å². The molecule has 0 amide bonds. The SMILES string of the molecule is C=CC(N)OC12CC3CC(CC(C3)C1)C2. The first-order valence-corrected chi connectivity index (χ1v) is 6.25. The van der Waals surface area contributed by atoms with E-state index in [0.29, 0.717) is 0 Å². The molecular formula is C13H21NO. The highest BCUT2D eigenvalue weighted by molar-refractivity contribution is 5.03. The Kier molecular flexibility index (Phi) is 2.18. The molecule has 2 N–H and O–H groups in total. The van der Waals surface area contributed by atoms with E-state index in [4.69, 9.17) is 10.5 Å². The van der Waals surface area contributed by atoms with Crippen molar-refractivity contribution in [2.45, 2.75) is 50.4 Å². The van der Waals surface area contributed by atoms with Gasteiger partial charge in [0.25, 0.3) is 0 Å². The third-order valence-corrected chi connectivity index (χ3v) is 4.60. The monoisotopic (exact) mass is 207 g/mol. The van der Waals surface area contributed by atoms with Gasteiger partial charge in [-0.1, -0.05) is 6.58 Å². The molecule has 0 saturated heterocycles. The minimum Gasteiger partial charge on any atom is -0.353 e. The number of hydrogen-bond donors (Lipinski definition) is 1. The summed E-state index contributed by atoms with van der Waals surface area (Å²) in [5.74, 6) is 2.77. The van der Waals surface area contributed by atoms with E-state index in [-0.39, 0.29) is 11.8 Å². The second kappa shape index (κ2) is 3.33. The number of rotatable bonds is 3. The molecule has 2 nitrogen and oxygen atoms in total. The molecule has 15 heavy (non-hydrogen) atoms. The highest BCUT2D eigenvalue weighted by atomic mass is 16.5. The molecule has 0 aromatic carbocycles. The number of nitrogens with two attached hydrogens (primary N) is 1. The van der Waals surface area contributed by atoms with Crippen molar-refractivity contribution in [1.82, 2.24) is 0 Å². The van der Waals surface area contributed by atoms with E-state index in [1.54, 1.807) is 6.08 Å². The maximum atomic E-state index is 6.06. The molecule has 4 fully saturated rings. The van der Waals surface area contributed by atoms with Crippen molar-refractivity contribution in [3.63, 3.8) is 0 Å². The van der Waals surface area contributed by atoms with Gasteiger partial charge in [-0.25, -0.2) is 0 Å². The lowest BCUT2D eigenvalue weighted by Crippen LogP contribution is -2.54. The van der Waals surface area contributed by atoms with Gasteiger partial charge in [0.15, 0.2) is 0 Å². The largest absolute Gasteiger partial charge is 0.353 e. The van der Waals surface area contributed by atoms with Gasteiger partial charge in [0.05, 0.1) is 5.60 Å². The van der Waals surface area contributed by atoms with Crippen molar-refractivity contribution < 1.29 is 4.74 Å². The molecule has 0 heterocycles. The second-order valence-electron chi connectivity index (χ2n) is 5.92. The fourth-order valence-electron chi connectivity index (χ4n) is 4.51. The molecule has 4 saturated carbocycles. The van der Waals surface area contributed by atoms with E-state index >= 15 is 0 Å². The molecule has 0 aliphatic heterocycles. The van der Waals surface area contributed by atoms with Crippen LogP contribution in [0.1, 0.15) is 38.5 Å². The summed E-state index contributed by atoms with van der Waals surface area (Å²) in [7, 11) is 0. The average molecular weight is 207 g/mol. The molecule has 1 atom stereocenters. The van der Waals surface area contributed by atoms with Gasteiger partial charge >= 0.3 is 0 Å². The molecule has 84 valence electrons. The van der Waals surface area contributed by atoms with Crippen LogP contribution in [0.25, 0.3) is 0 Å². The minimum atomic E-state index is -0.263. The first kappa shape index (κ1) is 9.86. The van der Waals surface area contributed by atoms with Gasteiger partial charge in [-0.2, -0.15) is 0 Å². The summed E-state index contributed by atoms with van der Waals surface area (Å²) >= 11 is 0. The fraction of sp³-hybridized carbons (Fsp3) is 0.846. The van der Waals surface area contributed by atoms with Crippen LogP contribution in [-0.2, 0) is 4.74 Å². The number of hydrogen-bond acceptors (Lipinski definition) is 2. The predicted octanol–water partition coefficient (Wildman–Crippen LogP) is 2.44. The molecule has 4 rings (SSSR count). The van der Waals surface area contributed by atoms with Crippen LogP contribution in [0, 0.1) is 17.8 Å². The van der Waals surface area contributed by atoms with E-state index in [0.717, 1.165) is 17.8 Å². The van der Waals surface area contributed by atoms with E-state index in [9.17, 15) is 0 Å². The van der Waals surface area contributed by atoms with Crippen LogP contribution < -0.4 is 5.73 Å². The summed E-state index contributed by atoms with van der Waals surface area (Å²) in [5.41, 5.74) is 5.98. The first-order chi connectivity index (χ1) is 7.19. The van der Waals surface area contributed by atoms with E-state index in [1.165, 1.54) is 38.5 Å². The van der Waals surface area contributed by atoms with Gasteiger partial charge in [-0.3, -0.25) is 0 Å². The van der Waals surface area contributed by atoms with Crippen molar-refractivity contribution in [1.29, 1.82) is 0 Å². The minimum absolute atomic E-state index is 0.127. The summed E-state index contributed by atoms with van der Waals surface area (Å²) in [6.45, 7) is 3.71. The highest BCUT2D eigenvalue weighted by Crippen LogP contribution is 2.57. The quantitative estimate of drug-likeness (QED) is 0.570. The third kappa shape index (κ3) is 1.64. The topological polar surface area (TPSA) is 35.2 Å². The van der Waals surface area contributed by atoms with Crippen LogP contribution >= 0.6 is 0 Å². The van der Waals surface area contributed by atoms with Crippen molar-refractivity contribution in [3.8, 4) is 0 Å². The molecule has 0 spiro atoms. The van der Waals surface area contributed by atoms with Crippen LogP contribution in [0.2, 0.25) is 0 Å². The van der Waals surface area contributed by atoms with Crippen molar-refractivity contribution in [2.75, 3.05) is 0 Å². The van der Waals surface area contributed by atoms with Crippen LogP contribution in [-0.4, -0.2) is 11.8 Å². The summed E-state index contributed by atoms with van der Waals surface area (Å²) in [6, 6.07) is 0. The molecule has 0 radical (unpaired) electrons. The molecule has 4 aliphatic rings. The zero-order valence-electron chi connectivity index (χ0n) is 9.32.